The summed E-state index contributed by atoms with van der Waals surface area (Å²) in [4.78, 5) is 0. The van der Waals surface area contributed by atoms with Gasteiger partial charge in [0.1, 0.15) is 4.21 Å². The number of rotatable bonds is 3. The van der Waals surface area contributed by atoms with Crippen molar-refractivity contribution >= 4 is 27.0 Å². The average Bonchev–Trinajstić information content (AvgIpc) is 2.96. The molecule has 0 unspecified atom stereocenters. The van der Waals surface area contributed by atoms with Gasteiger partial charge >= 0.3 is 0 Å². The van der Waals surface area contributed by atoms with Gasteiger partial charge in [-0.05, 0) is 30.4 Å². The second-order valence-electron chi connectivity index (χ2n) is 5.29. The summed E-state index contributed by atoms with van der Waals surface area (Å²) in [5.41, 5.74) is 7.44. The first-order chi connectivity index (χ1) is 10.1. The Bertz CT molecular complexity index is 702. The lowest BCUT2D eigenvalue weighted by Crippen LogP contribution is -2.37. The Labute approximate surface area is 129 Å². The SMILES string of the molecule is Nc1csc(S(=O)(=O)N2CCC(c3ccccc3)CC2)c1. The van der Waals surface area contributed by atoms with Crippen molar-refractivity contribution in [1.82, 2.24) is 4.31 Å². The molecule has 1 aliphatic heterocycles. The van der Waals surface area contributed by atoms with Crippen molar-refractivity contribution in [2.45, 2.75) is 23.0 Å². The molecule has 0 amide bonds. The summed E-state index contributed by atoms with van der Waals surface area (Å²) in [5, 5.41) is 1.67. The van der Waals surface area contributed by atoms with E-state index >= 15 is 0 Å². The van der Waals surface area contributed by atoms with Crippen LogP contribution in [0.5, 0.6) is 0 Å². The first kappa shape index (κ1) is 14.6. The first-order valence-electron chi connectivity index (χ1n) is 6.96. The lowest BCUT2D eigenvalue weighted by Gasteiger charge is -2.31. The van der Waals surface area contributed by atoms with Gasteiger partial charge in [-0.1, -0.05) is 30.3 Å². The molecule has 6 heteroatoms. The summed E-state index contributed by atoms with van der Waals surface area (Å²) < 4.78 is 27.0. The van der Waals surface area contributed by atoms with Crippen LogP contribution in [0.4, 0.5) is 5.69 Å². The van der Waals surface area contributed by atoms with Crippen molar-refractivity contribution in [3.63, 3.8) is 0 Å². The molecule has 0 bridgehead atoms. The van der Waals surface area contributed by atoms with E-state index in [0.717, 1.165) is 12.8 Å². The van der Waals surface area contributed by atoms with E-state index < -0.39 is 10.0 Å². The van der Waals surface area contributed by atoms with Crippen LogP contribution < -0.4 is 5.73 Å². The topological polar surface area (TPSA) is 63.4 Å². The minimum Gasteiger partial charge on any atom is -0.398 e. The number of nitrogens with zero attached hydrogens (tertiary/aromatic N) is 1. The molecule has 2 aromatic rings. The number of thiophene rings is 1. The van der Waals surface area contributed by atoms with Gasteiger partial charge in [-0.25, -0.2) is 8.42 Å². The quantitative estimate of drug-likeness (QED) is 0.945. The number of nitrogen functional groups attached to an aromatic ring is 1. The molecule has 4 nitrogen and oxygen atoms in total. The van der Waals surface area contributed by atoms with Crippen LogP contribution in [0.3, 0.4) is 0 Å². The Balaban J connectivity index is 1.71. The molecule has 1 saturated heterocycles. The molecule has 0 radical (unpaired) electrons. The summed E-state index contributed by atoms with van der Waals surface area (Å²) in [5.74, 6) is 0.450. The fourth-order valence-electron chi connectivity index (χ4n) is 2.75. The monoisotopic (exact) mass is 322 g/mol. The predicted octanol–water partition coefficient (Wildman–Crippen LogP) is 2.90. The zero-order valence-electron chi connectivity index (χ0n) is 11.6. The molecule has 0 aliphatic carbocycles. The molecule has 1 aromatic heterocycles. The van der Waals surface area contributed by atoms with Crippen LogP contribution in [0.25, 0.3) is 0 Å². The number of hydrogen-bond acceptors (Lipinski definition) is 4. The van der Waals surface area contributed by atoms with Crippen molar-refractivity contribution in [2.75, 3.05) is 18.8 Å². The van der Waals surface area contributed by atoms with E-state index in [1.165, 1.54) is 16.9 Å². The van der Waals surface area contributed by atoms with E-state index in [4.69, 9.17) is 5.73 Å². The molecule has 1 fully saturated rings. The third kappa shape index (κ3) is 2.97. The van der Waals surface area contributed by atoms with Crippen LogP contribution in [-0.2, 0) is 10.0 Å². The van der Waals surface area contributed by atoms with Crippen molar-refractivity contribution < 1.29 is 8.42 Å². The van der Waals surface area contributed by atoms with Gasteiger partial charge in [-0.3, -0.25) is 0 Å². The Kier molecular flexibility index (Phi) is 4.01. The summed E-state index contributed by atoms with van der Waals surface area (Å²) in [6.45, 7) is 1.14. The van der Waals surface area contributed by atoms with Gasteiger partial charge < -0.3 is 5.73 Å². The highest BCUT2D eigenvalue weighted by Crippen LogP contribution is 2.32. The molecule has 3 rings (SSSR count). The second-order valence-corrected chi connectivity index (χ2v) is 8.36. The molecule has 1 aromatic carbocycles. The van der Waals surface area contributed by atoms with Crippen LogP contribution in [0.2, 0.25) is 0 Å². The van der Waals surface area contributed by atoms with Crippen molar-refractivity contribution in [3.05, 3.63) is 47.3 Å². The minimum atomic E-state index is -3.37. The maximum absolute atomic E-state index is 12.5. The van der Waals surface area contributed by atoms with Gasteiger partial charge in [-0.15, -0.1) is 11.3 Å². The summed E-state index contributed by atoms with van der Waals surface area (Å²) in [6.07, 6.45) is 1.73. The zero-order valence-corrected chi connectivity index (χ0v) is 13.2. The van der Waals surface area contributed by atoms with Gasteiger partial charge in [-0.2, -0.15) is 4.31 Å². The maximum atomic E-state index is 12.5. The Hall–Kier alpha value is -1.37. The van der Waals surface area contributed by atoms with Gasteiger partial charge in [0, 0.05) is 24.2 Å². The van der Waals surface area contributed by atoms with E-state index in [-0.39, 0.29) is 0 Å². The van der Waals surface area contributed by atoms with Crippen LogP contribution in [0.15, 0.2) is 46.0 Å². The van der Waals surface area contributed by atoms with Gasteiger partial charge in [0.05, 0.1) is 0 Å². The highest BCUT2D eigenvalue weighted by atomic mass is 32.2. The van der Waals surface area contributed by atoms with Gasteiger partial charge in [0.25, 0.3) is 10.0 Å². The minimum absolute atomic E-state index is 0.346. The Morgan fingerprint density at radius 3 is 2.38 bits per heavy atom. The third-order valence-electron chi connectivity index (χ3n) is 3.91. The number of benzene rings is 1. The number of sulfonamides is 1. The molecule has 2 heterocycles. The lowest BCUT2D eigenvalue weighted by molar-refractivity contribution is 0.320. The average molecular weight is 322 g/mol. The van der Waals surface area contributed by atoms with Crippen molar-refractivity contribution in [1.29, 1.82) is 0 Å². The molecular weight excluding hydrogens is 304 g/mol. The highest BCUT2D eigenvalue weighted by molar-refractivity contribution is 7.91. The number of nitrogens with two attached hydrogens (primary N) is 1. The van der Waals surface area contributed by atoms with E-state index in [1.54, 1.807) is 15.8 Å². The largest absolute Gasteiger partial charge is 0.398 e. The number of anilines is 1. The molecule has 21 heavy (non-hydrogen) atoms. The second kappa shape index (κ2) is 5.79. The molecule has 1 aliphatic rings. The van der Waals surface area contributed by atoms with E-state index in [1.807, 2.05) is 18.2 Å². The number of hydrogen-bond donors (Lipinski definition) is 1. The first-order valence-corrected chi connectivity index (χ1v) is 9.28. The van der Waals surface area contributed by atoms with Crippen LogP contribution in [0.1, 0.15) is 24.3 Å². The lowest BCUT2D eigenvalue weighted by atomic mass is 9.90. The molecule has 0 spiro atoms. The summed E-state index contributed by atoms with van der Waals surface area (Å²) in [6, 6.07) is 11.9. The molecular formula is C15H18N2O2S2. The Morgan fingerprint density at radius 1 is 1.14 bits per heavy atom. The smallest absolute Gasteiger partial charge is 0.252 e. The molecule has 0 atom stereocenters. The Morgan fingerprint density at radius 2 is 1.81 bits per heavy atom. The standard InChI is InChI=1S/C15H18N2O2S2/c16-14-10-15(20-11-14)21(18,19)17-8-6-13(7-9-17)12-4-2-1-3-5-12/h1-5,10-11,13H,6-9,16H2. The normalized spacial score (nSPS) is 17.9. The van der Waals surface area contributed by atoms with Crippen molar-refractivity contribution in [3.8, 4) is 0 Å². The predicted molar refractivity (Wildman–Crippen MR) is 85.9 cm³/mol. The molecule has 112 valence electrons. The summed E-state index contributed by atoms with van der Waals surface area (Å²) >= 11 is 1.19. The van der Waals surface area contributed by atoms with Crippen LogP contribution in [-0.4, -0.2) is 25.8 Å². The van der Waals surface area contributed by atoms with Gasteiger partial charge in [0.2, 0.25) is 0 Å². The highest BCUT2D eigenvalue weighted by Gasteiger charge is 2.30. The van der Waals surface area contributed by atoms with E-state index in [0.29, 0.717) is 28.9 Å². The number of piperidine rings is 1. The zero-order chi connectivity index (χ0) is 14.9. The molecule has 2 N–H and O–H groups in total. The van der Waals surface area contributed by atoms with Crippen LogP contribution in [0, 0.1) is 0 Å². The van der Waals surface area contributed by atoms with Crippen molar-refractivity contribution in [2.24, 2.45) is 0 Å². The third-order valence-corrected chi connectivity index (χ3v) is 7.25. The van der Waals surface area contributed by atoms with Gasteiger partial charge in [0.15, 0.2) is 0 Å². The van der Waals surface area contributed by atoms with E-state index in [9.17, 15) is 8.42 Å². The maximum Gasteiger partial charge on any atom is 0.252 e. The fraction of sp³-hybridized carbons (Fsp3) is 0.333. The van der Waals surface area contributed by atoms with E-state index in [2.05, 4.69) is 12.1 Å². The fourth-order valence-corrected chi connectivity index (χ4v) is 5.45. The van der Waals surface area contributed by atoms with Crippen LogP contribution >= 0.6 is 11.3 Å². The summed E-state index contributed by atoms with van der Waals surface area (Å²) in [7, 11) is -3.37. The molecule has 0 saturated carbocycles.